The van der Waals surface area contributed by atoms with Crippen molar-refractivity contribution in [1.82, 2.24) is 4.57 Å². The lowest BCUT2D eigenvalue weighted by Gasteiger charge is -2.17. The van der Waals surface area contributed by atoms with E-state index in [4.69, 9.17) is 4.74 Å². The van der Waals surface area contributed by atoms with E-state index in [1.54, 1.807) is 23.8 Å². The van der Waals surface area contributed by atoms with Crippen molar-refractivity contribution < 1.29 is 9.53 Å². The van der Waals surface area contributed by atoms with Crippen LogP contribution in [0.25, 0.3) is 0 Å². The average molecular weight is 298 g/mol. The summed E-state index contributed by atoms with van der Waals surface area (Å²) in [6.07, 6.45) is 3.01. The maximum atomic E-state index is 11.9. The van der Waals surface area contributed by atoms with Gasteiger partial charge in [-0.2, -0.15) is 0 Å². The van der Waals surface area contributed by atoms with Crippen molar-refractivity contribution in [3.63, 3.8) is 0 Å². The fraction of sp³-hybridized carbons (Fsp3) is 0.294. The van der Waals surface area contributed by atoms with Crippen LogP contribution in [0, 0.1) is 6.92 Å². The largest absolute Gasteiger partial charge is 0.492 e. The summed E-state index contributed by atoms with van der Waals surface area (Å²) in [6.45, 7) is 2.74. The number of hydrogen-bond acceptors (Lipinski definition) is 3. The van der Waals surface area contributed by atoms with Gasteiger partial charge in [0.1, 0.15) is 12.4 Å². The van der Waals surface area contributed by atoms with Crippen LogP contribution >= 0.6 is 0 Å². The summed E-state index contributed by atoms with van der Waals surface area (Å²) in [6, 6.07) is 9.31. The molecule has 0 atom stereocenters. The Morgan fingerprint density at radius 2 is 2.09 bits per heavy atom. The summed E-state index contributed by atoms with van der Waals surface area (Å²) >= 11 is 0. The molecular weight excluding hydrogens is 280 g/mol. The van der Waals surface area contributed by atoms with Crippen molar-refractivity contribution in [3.8, 4) is 5.75 Å². The van der Waals surface area contributed by atoms with Crippen LogP contribution in [-0.2, 0) is 17.8 Å². The maximum absolute atomic E-state index is 11.9. The smallest absolute Gasteiger partial charge is 0.253 e. The van der Waals surface area contributed by atoms with Crippen LogP contribution in [0.4, 0.5) is 5.69 Å². The summed E-state index contributed by atoms with van der Waals surface area (Å²) in [5, 5.41) is 2.84. The van der Waals surface area contributed by atoms with E-state index in [1.165, 1.54) is 0 Å². The molecule has 0 spiro atoms. The Morgan fingerprint density at radius 1 is 1.23 bits per heavy atom. The van der Waals surface area contributed by atoms with Crippen LogP contribution in [0.1, 0.15) is 17.5 Å². The second kappa shape index (κ2) is 6.05. The normalized spacial score (nSPS) is 13.4. The molecule has 0 radical (unpaired) electrons. The average Bonchev–Trinajstić information content (AvgIpc) is 2.51. The quantitative estimate of drug-likeness (QED) is 0.940. The number of carbonyl (C=O) groups excluding carboxylic acids is 1. The monoisotopic (exact) mass is 298 g/mol. The lowest BCUT2D eigenvalue weighted by Crippen LogP contribution is -2.24. The highest BCUT2D eigenvalue weighted by Crippen LogP contribution is 2.26. The van der Waals surface area contributed by atoms with Crippen LogP contribution in [-0.4, -0.2) is 17.1 Å². The van der Waals surface area contributed by atoms with E-state index in [-0.39, 0.29) is 11.5 Å². The first kappa shape index (κ1) is 14.4. The van der Waals surface area contributed by atoms with Gasteiger partial charge in [0.05, 0.1) is 6.54 Å². The topological polar surface area (TPSA) is 60.3 Å². The lowest BCUT2D eigenvalue weighted by molar-refractivity contribution is -0.116. The van der Waals surface area contributed by atoms with E-state index in [0.717, 1.165) is 29.0 Å². The van der Waals surface area contributed by atoms with Gasteiger partial charge >= 0.3 is 0 Å². The SMILES string of the molecule is Cc1cccn(CCOc2ccc3c(c2)CCC(=O)N3)c1=O. The highest BCUT2D eigenvalue weighted by atomic mass is 16.5. The number of nitrogens with one attached hydrogen (secondary N) is 1. The Morgan fingerprint density at radius 3 is 2.95 bits per heavy atom. The summed E-state index contributed by atoms with van der Waals surface area (Å²) in [7, 11) is 0. The number of amides is 1. The minimum Gasteiger partial charge on any atom is -0.492 e. The molecule has 5 nitrogen and oxygen atoms in total. The van der Waals surface area contributed by atoms with Gasteiger partial charge in [0.15, 0.2) is 0 Å². The number of nitrogens with zero attached hydrogens (tertiary/aromatic N) is 1. The zero-order valence-corrected chi connectivity index (χ0v) is 12.5. The first-order valence-electron chi connectivity index (χ1n) is 7.35. The molecule has 22 heavy (non-hydrogen) atoms. The number of hydrogen-bond donors (Lipinski definition) is 1. The Bertz CT molecular complexity index is 765. The molecule has 0 saturated carbocycles. The first-order valence-corrected chi connectivity index (χ1v) is 7.35. The van der Waals surface area contributed by atoms with Gasteiger partial charge in [-0.15, -0.1) is 0 Å². The molecule has 2 heterocycles. The zero-order valence-electron chi connectivity index (χ0n) is 12.5. The predicted octanol–water partition coefficient (Wildman–Crippen LogP) is 2.12. The van der Waals surface area contributed by atoms with Crippen molar-refractivity contribution in [2.75, 3.05) is 11.9 Å². The van der Waals surface area contributed by atoms with E-state index in [1.807, 2.05) is 24.3 Å². The molecule has 0 fully saturated rings. The van der Waals surface area contributed by atoms with Gasteiger partial charge in [0.2, 0.25) is 5.91 Å². The molecule has 1 N–H and O–H groups in total. The number of fused-ring (bicyclic) bond motifs is 1. The molecule has 2 aromatic rings. The predicted molar refractivity (Wildman–Crippen MR) is 84.3 cm³/mol. The maximum Gasteiger partial charge on any atom is 0.253 e. The van der Waals surface area contributed by atoms with Gasteiger partial charge in [0, 0.05) is 23.9 Å². The van der Waals surface area contributed by atoms with E-state index in [2.05, 4.69) is 5.32 Å². The third-order valence-electron chi connectivity index (χ3n) is 3.78. The van der Waals surface area contributed by atoms with Gasteiger partial charge in [-0.3, -0.25) is 9.59 Å². The Balaban J connectivity index is 1.64. The number of rotatable bonds is 4. The first-order chi connectivity index (χ1) is 10.6. The molecule has 5 heteroatoms. The second-order valence-electron chi connectivity index (χ2n) is 5.41. The van der Waals surface area contributed by atoms with Gasteiger partial charge < -0.3 is 14.6 Å². The van der Waals surface area contributed by atoms with Crippen LogP contribution in [0.5, 0.6) is 5.75 Å². The van der Waals surface area contributed by atoms with Crippen molar-refractivity contribution in [2.24, 2.45) is 0 Å². The minimum absolute atomic E-state index is 0.0132. The Hall–Kier alpha value is -2.56. The minimum atomic E-state index is 0.0132. The number of pyridine rings is 1. The van der Waals surface area contributed by atoms with Crippen molar-refractivity contribution in [3.05, 3.63) is 58.0 Å². The number of carbonyl (C=O) groups is 1. The summed E-state index contributed by atoms with van der Waals surface area (Å²) in [5.74, 6) is 0.815. The molecule has 0 bridgehead atoms. The summed E-state index contributed by atoms with van der Waals surface area (Å²) in [5.41, 5.74) is 2.69. The Kier molecular flexibility index (Phi) is 3.96. The third-order valence-corrected chi connectivity index (χ3v) is 3.78. The van der Waals surface area contributed by atoms with Crippen molar-refractivity contribution in [2.45, 2.75) is 26.3 Å². The number of aromatic nitrogens is 1. The fourth-order valence-electron chi connectivity index (χ4n) is 2.54. The molecule has 1 aliphatic heterocycles. The third kappa shape index (κ3) is 3.03. The van der Waals surface area contributed by atoms with E-state index in [9.17, 15) is 9.59 Å². The standard InChI is InChI=1S/C17H18N2O3/c1-12-3-2-8-19(17(12)21)9-10-22-14-5-6-15-13(11-14)4-7-16(20)18-15/h2-3,5-6,8,11H,4,7,9-10H2,1H3,(H,18,20). The molecular formula is C17H18N2O3. The summed E-state index contributed by atoms with van der Waals surface area (Å²) < 4.78 is 7.37. The number of anilines is 1. The molecule has 1 aromatic heterocycles. The van der Waals surface area contributed by atoms with Crippen LogP contribution in [0.2, 0.25) is 0 Å². The highest BCUT2D eigenvalue weighted by molar-refractivity contribution is 5.93. The van der Waals surface area contributed by atoms with Gasteiger partial charge in [-0.1, -0.05) is 6.07 Å². The Labute approximate surface area is 128 Å². The van der Waals surface area contributed by atoms with E-state index >= 15 is 0 Å². The number of ether oxygens (including phenoxy) is 1. The van der Waals surface area contributed by atoms with Crippen molar-refractivity contribution in [1.29, 1.82) is 0 Å². The van der Waals surface area contributed by atoms with Crippen molar-refractivity contribution >= 4 is 11.6 Å². The molecule has 114 valence electrons. The van der Waals surface area contributed by atoms with E-state index < -0.39 is 0 Å². The lowest BCUT2D eigenvalue weighted by atomic mass is 10.0. The zero-order chi connectivity index (χ0) is 15.5. The van der Waals surface area contributed by atoms with E-state index in [0.29, 0.717) is 19.6 Å². The van der Waals surface area contributed by atoms with Crippen LogP contribution < -0.4 is 15.6 Å². The summed E-state index contributed by atoms with van der Waals surface area (Å²) in [4.78, 5) is 23.2. The molecule has 1 amide bonds. The van der Waals surface area contributed by atoms with Gasteiger partial charge in [-0.05, 0) is 43.2 Å². The van der Waals surface area contributed by atoms with Gasteiger partial charge in [0.25, 0.3) is 5.56 Å². The second-order valence-corrected chi connectivity index (χ2v) is 5.41. The number of benzene rings is 1. The molecule has 1 aromatic carbocycles. The van der Waals surface area contributed by atoms with Crippen LogP contribution in [0.15, 0.2) is 41.3 Å². The molecule has 0 unspecified atom stereocenters. The molecule has 3 rings (SSSR count). The number of aryl methyl sites for hydroxylation is 2. The highest BCUT2D eigenvalue weighted by Gasteiger charge is 2.14. The van der Waals surface area contributed by atoms with Crippen LogP contribution in [0.3, 0.4) is 0 Å². The molecule has 0 aliphatic carbocycles. The fourth-order valence-corrected chi connectivity index (χ4v) is 2.54. The molecule has 0 saturated heterocycles. The molecule has 1 aliphatic rings. The van der Waals surface area contributed by atoms with Gasteiger partial charge in [-0.25, -0.2) is 0 Å².